The maximum atomic E-state index is 12.0. The van der Waals surface area contributed by atoms with Crippen molar-refractivity contribution in [3.8, 4) is 11.5 Å². The number of esters is 2. The molecule has 29 heavy (non-hydrogen) atoms. The highest BCUT2D eigenvalue weighted by molar-refractivity contribution is 5.89. The van der Waals surface area contributed by atoms with E-state index in [1.54, 1.807) is 37.3 Å². The van der Waals surface area contributed by atoms with Crippen LogP contribution >= 0.6 is 0 Å². The van der Waals surface area contributed by atoms with Gasteiger partial charge in [-0.1, -0.05) is 60.7 Å². The molecule has 0 radical (unpaired) electrons. The number of benzene rings is 3. The molecule has 0 fully saturated rings. The molecule has 0 unspecified atom stereocenters. The van der Waals surface area contributed by atoms with Crippen LogP contribution in [0.15, 0.2) is 91.0 Å². The van der Waals surface area contributed by atoms with Crippen LogP contribution in [0, 0.1) is 6.92 Å². The number of ether oxygens (including phenoxy) is 2. The zero-order valence-electron chi connectivity index (χ0n) is 15.9. The van der Waals surface area contributed by atoms with Gasteiger partial charge in [0.15, 0.2) is 0 Å². The minimum atomic E-state index is -0.483. The molecular weight excluding hydrogens is 364 g/mol. The van der Waals surface area contributed by atoms with E-state index in [1.807, 2.05) is 60.7 Å². The zero-order chi connectivity index (χ0) is 20.5. The Kier molecular flexibility index (Phi) is 6.74. The largest absolute Gasteiger partial charge is 0.423 e. The fourth-order valence-electron chi connectivity index (χ4n) is 2.55. The van der Waals surface area contributed by atoms with Gasteiger partial charge in [0.05, 0.1) is 0 Å². The highest BCUT2D eigenvalue weighted by Gasteiger charge is 2.08. The van der Waals surface area contributed by atoms with Crippen molar-refractivity contribution in [2.24, 2.45) is 0 Å². The second-order valence-electron chi connectivity index (χ2n) is 6.26. The Morgan fingerprint density at radius 1 is 0.690 bits per heavy atom. The highest BCUT2D eigenvalue weighted by Crippen LogP contribution is 2.24. The molecule has 0 aliphatic heterocycles. The molecule has 0 aliphatic rings. The van der Waals surface area contributed by atoms with Crippen molar-refractivity contribution in [1.29, 1.82) is 0 Å². The van der Waals surface area contributed by atoms with Crippen molar-refractivity contribution in [2.75, 3.05) is 0 Å². The molecule has 3 rings (SSSR count). The summed E-state index contributed by atoms with van der Waals surface area (Å²) in [5.74, 6) is -0.173. The zero-order valence-corrected chi connectivity index (χ0v) is 15.9. The van der Waals surface area contributed by atoms with E-state index in [1.165, 1.54) is 12.2 Å². The molecule has 144 valence electrons. The van der Waals surface area contributed by atoms with Crippen molar-refractivity contribution in [3.63, 3.8) is 0 Å². The molecule has 3 aromatic rings. The SMILES string of the molecule is Cc1cc(OC(=O)/C=C/c2ccccc2)ccc1OC(=O)/C=C/c1ccccc1. The summed E-state index contributed by atoms with van der Waals surface area (Å²) in [5, 5.41) is 0. The van der Waals surface area contributed by atoms with E-state index in [-0.39, 0.29) is 0 Å². The number of rotatable bonds is 6. The molecule has 0 amide bonds. The summed E-state index contributed by atoms with van der Waals surface area (Å²) in [4.78, 5) is 24.0. The lowest BCUT2D eigenvalue weighted by Gasteiger charge is -2.08. The van der Waals surface area contributed by atoms with Gasteiger partial charge in [-0.15, -0.1) is 0 Å². The van der Waals surface area contributed by atoms with Gasteiger partial charge >= 0.3 is 11.9 Å². The predicted molar refractivity (Wildman–Crippen MR) is 113 cm³/mol. The van der Waals surface area contributed by atoms with Crippen LogP contribution < -0.4 is 9.47 Å². The quantitative estimate of drug-likeness (QED) is 0.332. The lowest BCUT2D eigenvalue weighted by molar-refractivity contribution is -0.130. The molecule has 0 bridgehead atoms. The van der Waals surface area contributed by atoms with Gasteiger partial charge in [0, 0.05) is 12.2 Å². The van der Waals surface area contributed by atoms with Crippen molar-refractivity contribution in [3.05, 3.63) is 108 Å². The fourth-order valence-corrected chi connectivity index (χ4v) is 2.55. The van der Waals surface area contributed by atoms with Crippen LogP contribution in [0.25, 0.3) is 12.2 Å². The van der Waals surface area contributed by atoms with Gasteiger partial charge in [-0.25, -0.2) is 9.59 Å². The number of aryl methyl sites for hydroxylation is 1. The lowest BCUT2D eigenvalue weighted by atomic mass is 10.2. The van der Waals surface area contributed by atoms with E-state index in [0.717, 1.165) is 11.1 Å². The van der Waals surface area contributed by atoms with Gasteiger partial charge in [-0.05, 0) is 54.0 Å². The normalized spacial score (nSPS) is 10.9. The molecule has 4 heteroatoms. The van der Waals surface area contributed by atoms with Crippen LogP contribution in [0.1, 0.15) is 16.7 Å². The van der Waals surface area contributed by atoms with Crippen LogP contribution in [-0.4, -0.2) is 11.9 Å². The maximum absolute atomic E-state index is 12.0. The fraction of sp³-hybridized carbons (Fsp3) is 0.0400. The van der Waals surface area contributed by atoms with Gasteiger partial charge in [0.25, 0.3) is 0 Å². The van der Waals surface area contributed by atoms with Gasteiger partial charge in [-0.3, -0.25) is 0 Å². The average Bonchev–Trinajstić information content (AvgIpc) is 2.74. The van der Waals surface area contributed by atoms with Crippen LogP contribution in [-0.2, 0) is 9.59 Å². The first-order valence-electron chi connectivity index (χ1n) is 9.11. The molecule has 0 saturated heterocycles. The summed E-state index contributed by atoms with van der Waals surface area (Å²) < 4.78 is 10.7. The molecule has 4 nitrogen and oxygen atoms in total. The summed E-state index contributed by atoms with van der Waals surface area (Å²) in [7, 11) is 0. The van der Waals surface area contributed by atoms with Gasteiger partial charge < -0.3 is 9.47 Å². The Balaban J connectivity index is 1.58. The molecule has 0 saturated carbocycles. The smallest absolute Gasteiger partial charge is 0.336 e. The van der Waals surface area contributed by atoms with Crippen LogP contribution in [0.5, 0.6) is 11.5 Å². The summed E-state index contributed by atoms with van der Waals surface area (Å²) in [6.07, 6.45) is 6.11. The minimum absolute atomic E-state index is 0.379. The van der Waals surface area contributed by atoms with Gasteiger partial charge in [-0.2, -0.15) is 0 Å². The lowest BCUT2D eigenvalue weighted by Crippen LogP contribution is -2.06. The second kappa shape index (κ2) is 9.85. The standard InChI is InChI=1S/C25H20O4/c1-19-18-22(28-24(26)16-12-20-8-4-2-5-9-20)14-15-23(19)29-25(27)17-13-21-10-6-3-7-11-21/h2-18H,1H3/b16-12+,17-13+. The maximum Gasteiger partial charge on any atom is 0.336 e. The molecule has 3 aromatic carbocycles. The van der Waals surface area contributed by atoms with Crippen LogP contribution in [0.4, 0.5) is 0 Å². The Morgan fingerprint density at radius 3 is 1.72 bits per heavy atom. The van der Waals surface area contributed by atoms with E-state index < -0.39 is 11.9 Å². The number of carbonyl (C=O) groups excluding carboxylic acids is 2. The van der Waals surface area contributed by atoms with Crippen LogP contribution in [0.2, 0.25) is 0 Å². The Labute approximate surface area is 169 Å². The monoisotopic (exact) mass is 384 g/mol. The van der Waals surface area contributed by atoms with E-state index in [2.05, 4.69) is 0 Å². The third-order valence-electron chi connectivity index (χ3n) is 4.00. The van der Waals surface area contributed by atoms with E-state index in [4.69, 9.17) is 9.47 Å². The average molecular weight is 384 g/mol. The van der Waals surface area contributed by atoms with Crippen LogP contribution in [0.3, 0.4) is 0 Å². The number of carbonyl (C=O) groups is 2. The van der Waals surface area contributed by atoms with Crippen molar-refractivity contribution < 1.29 is 19.1 Å². The van der Waals surface area contributed by atoms with E-state index >= 15 is 0 Å². The Hall–Kier alpha value is -3.92. The third-order valence-corrected chi connectivity index (χ3v) is 4.00. The Morgan fingerprint density at radius 2 is 1.21 bits per heavy atom. The van der Waals surface area contributed by atoms with Gasteiger partial charge in [0.1, 0.15) is 11.5 Å². The highest BCUT2D eigenvalue weighted by atomic mass is 16.5. The number of hydrogen-bond acceptors (Lipinski definition) is 4. The van der Waals surface area contributed by atoms with E-state index in [0.29, 0.717) is 17.1 Å². The molecular formula is C25H20O4. The van der Waals surface area contributed by atoms with Gasteiger partial charge in [0.2, 0.25) is 0 Å². The van der Waals surface area contributed by atoms with Crippen molar-refractivity contribution >= 4 is 24.1 Å². The third kappa shape index (κ3) is 6.33. The molecule has 0 aromatic heterocycles. The first kappa shape index (κ1) is 19.8. The molecule has 0 aliphatic carbocycles. The van der Waals surface area contributed by atoms with Crippen molar-refractivity contribution in [1.82, 2.24) is 0 Å². The topological polar surface area (TPSA) is 52.6 Å². The molecule has 0 N–H and O–H groups in total. The Bertz CT molecular complexity index is 1030. The second-order valence-corrected chi connectivity index (χ2v) is 6.26. The summed E-state index contributed by atoms with van der Waals surface area (Å²) in [6, 6.07) is 23.8. The van der Waals surface area contributed by atoms with E-state index in [9.17, 15) is 9.59 Å². The molecule has 0 atom stereocenters. The van der Waals surface area contributed by atoms with Crippen molar-refractivity contribution in [2.45, 2.75) is 6.92 Å². The first-order valence-corrected chi connectivity index (χ1v) is 9.11. The summed E-state index contributed by atoms with van der Waals surface area (Å²) in [6.45, 7) is 1.78. The predicted octanol–water partition coefficient (Wildman–Crippen LogP) is 5.23. The number of hydrogen-bond donors (Lipinski definition) is 0. The molecule has 0 heterocycles. The first-order chi connectivity index (χ1) is 14.1. The minimum Gasteiger partial charge on any atom is -0.423 e. The summed E-state index contributed by atoms with van der Waals surface area (Å²) in [5.41, 5.74) is 2.50. The summed E-state index contributed by atoms with van der Waals surface area (Å²) >= 11 is 0. The molecule has 0 spiro atoms.